The number of hydrogen-bond acceptors (Lipinski definition) is 7. The van der Waals surface area contributed by atoms with Crippen molar-refractivity contribution in [2.24, 2.45) is 0 Å². The van der Waals surface area contributed by atoms with Crippen molar-refractivity contribution in [2.75, 3.05) is 5.73 Å². The van der Waals surface area contributed by atoms with Crippen molar-refractivity contribution in [3.63, 3.8) is 0 Å². The Bertz CT molecular complexity index is 1370. The predicted molar refractivity (Wildman–Crippen MR) is 123 cm³/mol. The highest BCUT2D eigenvalue weighted by molar-refractivity contribution is 5.98. The van der Waals surface area contributed by atoms with Crippen LogP contribution in [0.15, 0.2) is 55.0 Å². The number of nitrogen functional groups attached to an aromatic ring is 1. The number of rotatable bonds is 5. The maximum Gasteiger partial charge on any atom is 0.296 e. The molecule has 9 nitrogen and oxygen atoms in total. The van der Waals surface area contributed by atoms with E-state index in [9.17, 15) is 4.79 Å². The fraction of sp³-hybridized carbons (Fsp3) is 0.208. The molecular formula is C24H21N7O2. The Hall–Kier alpha value is -4.45. The summed E-state index contributed by atoms with van der Waals surface area (Å²) in [7, 11) is 0. The summed E-state index contributed by atoms with van der Waals surface area (Å²) >= 11 is 0. The van der Waals surface area contributed by atoms with Gasteiger partial charge in [0, 0.05) is 23.9 Å². The van der Waals surface area contributed by atoms with Gasteiger partial charge in [-0.2, -0.15) is 5.10 Å². The zero-order chi connectivity index (χ0) is 22.8. The Labute approximate surface area is 190 Å². The second-order valence-corrected chi connectivity index (χ2v) is 7.72. The van der Waals surface area contributed by atoms with E-state index in [4.69, 9.17) is 15.6 Å². The van der Waals surface area contributed by atoms with Gasteiger partial charge in [0.1, 0.15) is 23.6 Å². The van der Waals surface area contributed by atoms with Crippen LogP contribution in [0.25, 0.3) is 22.3 Å². The summed E-state index contributed by atoms with van der Waals surface area (Å²) in [4.78, 5) is 24.7. The molecule has 0 unspecified atom stereocenters. The van der Waals surface area contributed by atoms with Crippen LogP contribution < -0.4 is 15.8 Å². The molecule has 1 aromatic carbocycles. The molecule has 33 heavy (non-hydrogen) atoms. The van der Waals surface area contributed by atoms with Gasteiger partial charge in [0.25, 0.3) is 5.91 Å². The number of nitrogens with one attached hydrogen (secondary N) is 1. The van der Waals surface area contributed by atoms with Crippen LogP contribution >= 0.6 is 0 Å². The molecule has 1 aliphatic carbocycles. The first-order valence-electron chi connectivity index (χ1n) is 10.5. The third-order valence-electron chi connectivity index (χ3n) is 5.53. The standard InChI is InChI=1S/C24H21N7O2/c1-2-6-19(32)29-16-11-17(12-16)31-24-21(23(25)27-14-28-24)22(30-31)15-9-10-20(26-13-15)33-18-7-4-3-5-8-18/h3-5,7-10,13-14,16-17H,11-12H2,1H3,(H,29,32)(H2,25,27,28)/t16-,17+. The summed E-state index contributed by atoms with van der Waals surface area (Å²) in [5.74, 6) is 6.39. The van der Waals surface area contributed by atoms with Crippen molar-refractivity contribution in [1.82, 2.24) is 30.0 Å². The number of hydrogen-bond donors (Lipinski definition) is 2. The molecule has 0 spiro atoms. The minimum absolute atomic E-state index is 0.0568. The average molecular weight is 439 g/mol. The van der Waals surface area contributed by atoms with Gasteiger partial charge in [-0.1, -0.05) is 24.1 Å². The van der Waals surface area contributed by atoms with Crippen molar-refractivity contribution in [2.45, 2.75) is 31.8 Å². The van der Waals surface area contributed by atoms with E-state index in [1.165, 1.54) is 6.33 Å². The number of amides is 1. The van der Waals surface area contributed by atoms with E-state index < -0.39 is 0 Å². The van der Waals surface area contributed by atoms with Crippen molar-refractivity contribution < 1.29 is 9.53 Å². The highest BCUT2D eigenvalue weighted by atomic mass is 16.5. The van der Waals surface area contributed by atoms with Crippen molar-refractivity contribution >= 4 is 22.8 Å². The molecule has 1 aliphatic rings. The smallest absolute Gasteiger partial charge is 0.296 e. The van der Waals surface area contributed by atoms with Crippen LogP contribution in [0, 0.1) is 11.8 Å². The number of nitrogens with zero attached hydrogens (tertiary/aromatic N) is 5. The van der Waals surface area contributed by atoms with Crippen LogP contribution in [0.4, 0.5) is 5.82 Å². The normalized spacial score (nSPS) is 17.0. The summed E-state index contributed by atoms with van der Waals surface area (Å²) < 4.78 is 7.65. The fourth-order valence-electron chi connectivity index (χ4n) is 3.88. The third-order valence-corrected chi connectivity index (χ3v) is 5.53. The number of ether oxygens (including phenoxy) is 1. The van der Waals surface area contributed by atoms with E-state index in [-0.39, 0.29) is 18.0 Å². The lowest BCUT2D eigenvalue weighted by Gasteiger charge is -2.35. The van der Waals surface area contributed by atoms with E-state index in [1.54, 1.807) is 19.2 Å². The van der Waals surface area contributed by atoms with Crippen LogP contribution in [0.5, 0.6) is 11.6 Å². The average Bonchev–Trinajstić information content (AvgIpc) is 3.18. The van der Waals surface area contributed by atoms with Gasteiger partial charge in [0.2, 0.25) is 5.88 Å². The minimum Gasteiger partial charge on any atom is -0.439 e. The molecule has 3 aromatic heterocycles. The van der Waals surface area contributed by atoms with Gasteiger partial charge in [-0.15, -0.1) is 0 Å². The molecule has 3 heterocycles. The monoisotopic (exact) mass is 439 g/mol. The number of anilines is 1. The van der Waals surface area contributed by atoms with Gasteiger partial charge >= 0.3 is 0 Å². The molecule has 0 saturated heterocycles. The molecule has 0 radical (unpaired) electrons. The van der Waals surface area contributed by atoms with Gasteiger partial charge < -0.3 is 15.8 Å². The van der Waals surface area contributed by atoms with E-state index in [2.05, 4.69) is 32.1 Å². The molecule has 1 amide bonds. The number of carbonyl (C=O) groups is 1. The molecule has 0 aliphatic heterocycles. The number of carbonyl (C=O) groups excluding carboxylic acids is 1. The predicted octanol–water partition coefficient (Wildman–Crippen LogP) is 3.11. The number of benzene rings is 1. The molecule has 1 fully saturated rings. The van der Waals surface area contributed by atoms with Crippen molar-refractivity contribution in [1.29, 1.82) is 0 Å². The topological polar surface area (TPSA) is 121 Å². The number of pyridine rings is 1. The molecule has 0 bridgehead atoms. The lowest BCUT2D eigenvalue weighted by atomic mass is 9.87. The van der Waals surface area contributed by atoms with Crippen molar-refractivity contribution in [3.8, 4) is 34.7 Å². The number of aromatic nitrogens is 5. The first-order chi connectivity index (χ1) is 16.1. The maximum absolute atomic E-state index is 11.7. The van der Waals surface area contributed by atoms with Gasteiger partial charge in [0.15, 0.2) is 5.65 Å². The van der Waals surface area contributed by atoms with Gasteiger partial charge in [0.05, 0.1) is 11.4 Å². The van der Waals surface area contributed by atoms with Gasteiger partial charge in [-0.3, -0.25) is 4.79 Å². The van der Waals surface area contributed by atoms with Gasteiger partial charge in [-0.25, -0.2) is 19.6 Å². The first-order valence-corrected chi connectivity index (χ1v) is 10.5. The fourth-order valence-corrected chi connectivity index (χ4v) is 3.88. The molecule has 5 rings (SSSR count). The van der Waals surface area contributed by atoms with Crippen LogP contribution in [-0.4, -0.2) is 36.7 Å². The SMILES string of the molecule is CC#CC(=O)N[C@H]1C[C@@H](n2nc(-c3ccc(Oc4ccccc4)nc3)c3c(N)ncnc32)C1. The Kier molecular flexibility index (Phi) is 5.32. The van der Waals surface area contributed by atoms with Crippen LogP contribution in [0.1, 0.15) is 25.8 Å². The minimum atomic E-state index is -0.262. The maximum atomic E-state index is 11.7. The number of para-hydroxylation sites is 1. The van der Waals surface area contributed by atoms with Gasteiger partial charge in [-0.05, 0) is 43.9 Å². The summed E-state index contributed by atoms with van der Waals surface area (Å²) in [5, 5.41) is 8.41. The molecule has 9 heteroatoms. The first kappa shape index (κ1) is 20.5. The summed E-state index contributed by atoms with van der Waals surface area (Å²) in [6.07, 6.45) is 4.60. The highest BCUT2D eigenvalue weighted by Crippen LogP contribution is 2.38. The van der Waals surface area contributed by atoms with Crippen LogP contribution in [0.2, 0.25) is 0 Å². The van der Waals surface area contributed by atoms with Crippen LogP contribution in [0.3, 0.4) is 0 Å². The molecule has 1 saturated carbocycles. The Morgan fingerprint density at radius 1 is 1.15 bits per heavy atom. The Morgan fingerprint density at radius 2 is 1.97 bits per heavy atom. The summed E-state index contributed by atoms with van der Waals surface area (Å²) in [6, 6.07) is 13.3. The largest absolute Gasteiger partial charge is 0.439 e. The van der Waals surface area contributed by atoms with Crippen LogP contribution in [-0.2, 0) is 4.79 Å². The third kappa shape index (κ3) is 4.06. The Morgan fingerprint density at radius 3 is 2.70 bits per heavy atom. The summed E-state index contributed by atoms with van der Waals surface area (Å²) in [5.41, 5.74) is 8.30. The zero-order valence-corrected chi connectivity index (χ0v) is 17.9. The second kappa shape index (κ2) is 8.59. The molecule has 164 valence electrons. The summed E-state index contributed by atoms with van der Waals surface area (Å²) in [6.45, 7) is 1.64. The lowest BCUT2D eigenvalue weighted by molar-refractivity contribution is -0.117. The number of nitrogens with two attached hydrogens (primary N) is 1. The quantitative estimate of drug-likeness (QED) is 0.458. The number of fused-ring (bicyclic) bond motifs is 1. The second-order valence-electron chi connectivity index (χ2n) is 7.72. The Balaban J connectivity index is 1.41. The zero-order valence-electron chi connectivity index (χ0n) is 17.9. The molecule has 4 aromatic rings. The van der Waals surface area contributed by atoms with E-state index in [1.807, 2.05) is 41.1 Å². The van der Waals surface area contributed by atoms with E-state index in [0.29, 0.717) is 34.2 Å². The molecule has 3 N–H and O–H groups in total. The highest BCUT2D eigenvalue weighted by Gasteiger charge is 2.34. The van der Waals surface area contributed by atoms with Crippen molar-refractivity contribution in [3.05, 3.63) is 55.0 Å². The van der Waals surface area contributed by atoms with E-state index in [0.717, 1.165) is 18.4 Å². The lowest BCUT2D eigenvalue weighted by Crippen LogP contribution is -2.44. The molecule has 0 atom stereocenters. The van der Waals surface area contributed by atoms with E-state index >= 15 is 0 Å². The molecular weight excluding hydrogens is 418 g/mol.